The fourth-order valence-corrected chi connectivity index (χ4v) is 3.84. The number of pyridine rings is 1. The van der Waals surface area contributed by atoms with Crippen molar-refractivity contribution in [2.24, 2.45) is 4.99 Å². The van der Waals surface area contributed by atoms with Gasteiger partial charge in [-0.2, -0.15) is 0 Å². The molecule has 9 heteroatoms. The van der Waals surface area contributed by atoms with Gasteiger partial charge in [0.15, 0.2) is 0 Å². The zero-order valence-corrected chi connectivity index (χ0v) is 19.8. The third-order valence-electron chi connectivity index (χ3n) is 5.86. The Morgan fingerprint density at radius 1 is 1.06 bits per heavy atom. The number of guanidine groups is 1. The van der Waals surface area contributed by atoms with E-state index in [9.17, 15) is 9.59 Å². The number of benzene rings is 2. The lowest BCUT2D eigenvalue weighted by Gasteiger charge is -2.29. The van der Waals surface area contributed by atoms with Gasteiger partial charge in [-0.15, -0.1) is 0 Å². The summed E-state index contributed by atoms with van der Waals surface area (Å²) in [4.78, 5) is 35.0. The summed E-state index contributed by atoms with van der Waals surface area (Å²) in [6, 6.07) is 19.5. The topological polar surface area (TPSA) is 111 Å². The predicted octanol–water partition coefficient (Wildman–Crippen LogP) is 2.44. The SMILES string of the molecule is CN(C(=O)CCNCCCNc1ccc2ccccc2c1)C1CN=C(Nc2ccccn2)NC1=O. The van der Waals surface area contributed by atoms with Crippen LogP contribution in [0.5, 0.6) is 0 Å². The quantitative estimate of drug-likeness (QED) is 0.337. The first-order chi connectivity index (χ1) is 17.1. The molecule has 2 aromatic carbocycles. The van der Waals surface area contributed by atoms with Gasteiger partial charge >= 0.3 is 0 Å². The highest BCUT2D eigenvalue weighted by Crippen LogP contribution is 2.18. The fraction of sp³-hybridized carbons (Fsp3) is 0.308. The van der Waals surface area contributed by atoms with Crippen molar-refractivity contribution < 1.29 is 9.59 Å². The molecule has 4 rings (SSSR count). The number of nitrogens with one attached hydrogen (secondary N) is 4. The number of anilines is 2. The van der Waals surface area contributed by atoms with Crippen LogP contribution in [0.2, 0.25) is 0 Å². The van der Waals surface area contributed by atoms with Gasteiger partial charge < -0.3 is 20.9 Å². The molecule has 1 aromatic heterocycles. The van der Waals surface area contributed by atoms with Crippen molar-refractivity contribution in [1.29, 1.82) is 0 Å². The Labute approximate surface area is 205 Å². The molecule has 182 valence electrons. The molecule has 1 atom stereocenters. The number of hydrogen-bond donors (Lipinski definition) is 4. The second-order valence-electron chi connectivity index (χ2n) is 8.38. The molecule has 1 aliphatic rings. The molecule has 0 radical (unpaired) electrons. The largest absolute Gasteiger partial charge is 0.385 e. The maximum atomic E-state index is 12.6. The van der Waals surface area contributed by atoms with Crippen molar-refractivity contribution in [2.75, 3.05) is 43.9 Å². The molecule has 0 aliphatic carbocycles. The van der Waals surface area contributed by atoms with E-state index in [-0.39, 0.29) is 18.4 Å². The van der Waals surface area contributed by atoms with E-state index in [0.29, 0.717) is 24.7 Å². The summed E-state index contributed by atoms with van der Waals surface area (Å²) in [7, 11) is 1.65. The molecule has 0 fully saturated rings. The van der Waals surface area contributed by atoms with Crippen LogP contribution in [-0.2, 0) is 9.59 Å². The van der Waals surface area contributed by atoms with Gasteiger partial charge in [-0.05, 0) is 48.0 Å². The molecular formula is C26H31N7O2. The Balaban J connectivity index is 1.12. The fourth-order valence-electron chi connectivity index (χ4n) is 3.84. The Hall–Kier alpha value is -3.98. The molecule has 2 heterocycles. The predicted molar refractivity (Wildman–Crippen MR) is 139 cm³/mol. The molecule has 0 saturated carbocycles. The standard InChI is InChI=1S/C26H31N7O2/c1-33(22-18-30-26(32-25(22)35)31-23-9-4-5-14-29-23)24(34)12-16-27-13-6-15-28-21-11-10-19-7-2-3-8-20(19)17-21/h2-5,7-11,14,17,22,27-28H,6,12-13,15-16,18H2,1H3,(H2,29,30,31,32,35). The van der Waals surface area contributed by atoms with Gasteiger partial charge in [0.2, 0.25) is 11.9 Å². The van der Waals surface area contributed by atoms with Gasteiger partial charge in [0.05, 0.1) is 6.54 Å². The molecule has 1 unspecified atom stereocenters. The number of rotatable bonds is 10. The van der Waals surface area contributed by atoms with Gasteiger partial charge in [0.25, 0.3) is 5.91 Å². The monoisotopic (exact) mass is 473 g/mol. The lowest BCUT2D eigenvalue weighted by Crippen LogP contribution is -2.55. The van der Waals surface area contributed by atoms with Gasteiger partial charge in [0, 0.05) is 38.4 Å². The summed E-state index contributed by atoms with van der Waals surface area (Å²) in [5.41, 5.74) is 1.10. The summed E-state index contributed by atoms with van der Waals surface area (Å²) < 4.78 is 0. The number of carbonyl (C=O) groups excluding carboxylic acids is 2. The average Bonchev–Trinajstić information content (AvgIpc) is 2.88. The van der Waals surface area contributed by atoms with Crippen LogP contribution in [0.4, 0.5) is 11.5 Å². The molecule has 0 spiro atoms. The molecular weight excluding hydrogens is 442 g/mol. The van der Waals surface area contributed by atoms with Crippen LogP contribution in [0.25, 0.3) is 10.8 Å². The smallest absolute Gasteiger partial charge is 0.251 e. The molecule has 3 aromatic rings. The van der Waals surface area contributed by atoms with Gasteiger partial charge in [-0.3, -0.25) is 14.9 Å². The molecule has 0 bridgehead atoms. The first-order valence-corrected chi connectivity index (χ1v) is 11.8. The Kier molecular flexibility index (Phi) is 8.24. The normalized spacial score (nSPS) is 15.3. The molecule has 2 amide bonds. The van der Waals surface area contributed by atoms with E-state index in [4.69, 9.17) is 0 Å². The number of carbonyl (C=O) groups is 2. The minimum absolute atomic E-state index is 0.0942. The zero-order chi connectivity index (χ0) is 24.5. The molecule has 4 N–H and O–H groups in total. The highest BCUT2D eigenvalue weighted by Gasteiger charge is 2.30. The number of fused-ring (bicyclic) bond motifs is 1. The molecule has 0 saturated heterocycles. The van der Waals surface area contributed by atoms with Crippen molar-refractivity contribution in [3.63, 3.8) is 0 Å². The van der Waals surface area contributed by atoms with Crippen molar-refractivity contribution in [1.82, 2.24) is 20.5 Å². The van der Waals surface area contributed by atoms with Crippen LogP contribution in [0.1, 0.15) is 12.8 Å². The van der Waals surface area contributed by atoms with Crippen LogP contribution in [0.15, 0.2) is 71.9 Å². The minimum atomic E-state index is -0.622. The van der Waals surface area contributed by atoms with Crippen molar-refractivity contribution in [3.05, 3.63) is 66.9 Å². The summed E-state index contributed by atoms with van der Waals surface area (Å²) in [6.45, 7) is 2.41. The van der Waals surface area contributed by atoms with E-state index in [1.54, 1.807) is 25.4 Å². The summed E-state index contributed by atoms with van der Waals surface area (Å²) >= 11 is 0. The molecule has 9 nitrogen and oxygen atoms in total. The second kappa shape index (κ2) is 11.9. The van der Waals surface area contributed by atoms with Crippen LogP contribution in [0.3, 0.4) is 0 Å². The van der Waals surface area contributed by atoms with Gasteiger partial charge in [-0.1, -0.05) is 36.4 Å². The van der Waals surface area contributed by atoms with E-state index in [0.717, 1.165) is 25.2 Å². The highest BCUT2D eigenvalue weighted by atomic mass is 16.2. The van der Waals surface area contributed by atoms with Crippen molar-refractivity contribution >= 4 is 40.1 Å². The third-order valence-corrected chi connectivity index (χ3v) is 5.86. The van der Waals surface area contributed by atoms with E-state index in [1.807, 2.05) is 18.2 Å². The van der Waals surface area contributed by atoms with Crippen molar-refractivity contribution in [3.8, 4) is 0 Å². The minimum Gasteiger partial charge on any atom is -0.385 e. The van der Waals surface area contributed by atoms with Crippen LogP contribution in [0, 0.1) is 0 Å². The Morgan fingerprint density at radius 3 is 2.69 bits per heavy atom. The first kappa shape index (κ1) is 24.2. The summed E-state index contributed by atoms with van der Waals surface area (Å²) in [5.74, 6) is 0.572. The maximum Gasteiger partial charge on any atom is 0.251 e. The summed E-state index contributed by atoms with van der Waals surface area (Å²) in [6.07, 6.45) is 2.90. The number of likely N-dealkylation sites (N-methyl/N-ethyl adjacent to an activating group) is 1. The zero-order valence-electron chi connectivity index (χ0n) is 19.8. The van der Waals surface area contributed by atoms with Crippen LogP contribution >= 0.6 is 0 Å². The molecule has 1 aliphatic heterocycles. The van der Waals surface area contributed by atoms with Crippen LogP contribution < -0.4 is 21.3 Å². The lowest BCUT2D eigenvalue weighted by atomic mass is 10.1. The molecule has 35 heavy (non-hydrogen) atoms. The van der Waals surface area contributed by atoms with Gasteiger partial charge in [0.1, 0.15) is 11.9 Å². The van der Waals surface area contributed by atoms with Crippen molar-refractivity contribution in [2.45, 2.75) is 18.9 Å². The second-order valence-corrected chi connectivity index (χ2v) is 8.38. The Morgan fingerprint density at radius 2 is 1.89 bits per heavy atom. The first-order valence-electron chi connectivity index (χ1n) is 11.8. The van der Waals surface area contributed by atoms with E-state index >= 15 is 0 Å². The number of nitrogens with zero attached hydrogens (tertiary/aromatic N) is 3. The number of amides is 2. The number of aliphatic imine (C=N–C) groups is 1. The summed E-state index contributed by atoms with van der Waals surface area (Å²) in [5, 5.41) is 14.9. The highest BCUT2D eigenvalue weighted by molar-refractivity contribution is 6.07. The van der Waals surface area contributed by atoms with E-state index in [1.165, 1.54) is 15.7 Å². The van der Waals surface area contributed by atoms with E-state index < -0.39 is 6.04 Å². The number of hydrogen-bond acceptors (Lipinski definition) is 7. The van der Waals surface area contributed by atoms with Gasteiger partial charge in [-0.25, -0.2) is 9.98 Å². The number of aromatic nitrogens is 1. The third kappa shape index (κ3) is 6.77. The van der Waals surface area contributed by atoms with Crippen LogP contribution in [-0.4, -0.2) is 66.9 Å². The van der Waals surface area contributed by atoms with E-state index in [2.05, 4.69) is 61.6 Å². The Bertz CT molecular complexity index is 1180. The average molecular weight is 474 g/mol. The lowest BCUT2D eigenvalue weighted by molar-refractivity contribution is -0.138. The maximum absolute atomic E-state index is 12.6.